The van der Waals surface area contributed by atoms with E-state index in [0.29, 0.717) is 29.1 Å². The first-order chi connectivity index (χ1) is 10.9. The van der Waals surface area contributed by atoms with E-state index < -0.39 is 10.0 Å². The van der Waals surface area contributed by atoms with Crippen molar-refractivity contribution in [1.29, 1.82) is 0 Å². The monoisotopic (exact) mass is 350 g/mol. The molecule has 23 heavy (non-hydrogen) atoms. The molecule has 0 unspecified atom stereocenters. The molecule has 1 aliphatic heterocycles. The molecule has 0 saturated heterocycles. The van der Waals surface area contributed by atoms with Crippen LogP contribution in [0.2, 0.25) is 5.02 Å². The molecule has 1 amide bonds. The number of anilines is 2. The molecule has 7 heteroatoms. The molecule has 0 saturated carbocycles. The molecule has 0 atom stereocenters. The fourth-order valence-electron chi connectivity index (χ4n) is 2.54. The van der Waals surface area contributed by atoms with Gasteiger partial charge in [-0.3, -0.25) is 9.52 Å². The number of hydrogen-bond donors (Lipinski definition) is 2. The Morgan fingerprint density at radius 3 is 2.74 bits per heavy atom. The van der Waals surface area contributed by atoms with Crippen LogP contribution in [0.25, 0.3) is 0 Å². The fourth-order valence-corrected chi connectivity index (χ4v) is 4.08. The second-order valence-electron chi connectivity index (χ2n) is 5.39. The van der Waals surface area contributed by atoms with Crippen LogP contribution in [0.3, 0.4) is 0 Å². The Balaban J connectivity index is 1.92. The summed E-state index contributed by atoms with van der Waals surface area (Å²) in [5.74, 6) is -0.0274. The Morgan fingerprint density at radius 2 is 1.96 bits per heavy atom. The highest BCUT2D eigenvalue weighted by Gasteiger charge is 2.20. The van der Waals surface area contributed by atoms with E-state index in [4.69, 9.17) is 11.6 Å². The number of nitrogens with one attached hydrogen (secondary N) is 2. The first kappa shape index (κ1) is 15.8. The third kappa shape index (κ3) is 3.18. The van der Waals surface area contributed by atoms with E-state index in [0.717, 1.165) is 11.3 Å². The van der Waals surface area contributed by atoms with Gasteiger partial charge in [0.1, 0.15) is 0 Å². The number of sulfonamides is 1. The first-order valence-corrected chi connectivity index (χ1v) is 8.93. The van der Waals surface area contributed by atoms with Gasteiger partial charge >= 0.3 is 0 Å². The molecule has 0 radical (unpaired) electrons. The highest BCUT2D eigenvalue weighted by molar-refractivity contribution is 7.92. The van der Waals surface area contributed by atoms with Gasteiger partial charge in [-0.05, 0) is 54.8 Å². The number of halogens is 1. The van der Waals surface area contributed by atoms with E-state index in [1.54, 1.807) is 37.3 Å². The molecule has 3 rings (SSSR count). The largest absolute Gasteiger partial charge is 0.326 e. The van der Waals surface area contributed by atoms with Gasteiger partial charge in [0.25, 0.3) is 10.0 Å². The number of carbonyl (C=O) groups is 1. The van der Waals surface area contributed by atoms with Gasteiger partial charge in [0.15, 0.2) is 0 Å². The van der Waals surface area contributed by atoms with Crippen LogP contribution in [0.15, 0.2) is 41.3 Å². The predicted molar refractivity (Wildman–Crippen MR) is 90.4 cm³/mol. The summed E-state index contributed by atoms with van der Waals surface area (Å²) in [5.41, 5.74) is 2.60. The quantitative estimate of drug-likeness (QED) is 0.891. The van der Waals surface area contributed by atoms with Gasteiger partial charge in [-0.25, -0.2) is 8.42 Å². The Kier molecular flexibility index (Phi) is 4.04. The minimum atomic E-state index is -3.73. The molecule has 0 aliphatic carbocycles. The molecule has 1 aliphatic rings. The molecule has 0 spiro atoms. The van der Waals surface area contributed by atoms with Crippen LogP contribution in [0.5, 0.6) is 0 Å². The Hall–Kier alpha value is -2.05. The van der Waals surface area contributed by atoms with Gasteiger partial charge < -0.3 is 5.32 Å². The van der Waals surface area contributed by atoms with Crippen molar-refractivity contribution in [2.75, 3.05) is 10.0 Å². The predicted octanol–water partition coefficient (Wildman–Crippen LogP) is 3.33. The average Bonchev–Trinajstić information content (AvgIpc) is 2.49. The number of hydrogen-bond acceptors (Lipinski definition) is 3. The summed E-state index contributed by atoms with van der Waals surface area (Å²) < 4.78 is 27.7. The summed E-state index contributed by atoms with van der Waals surface area (Å²) >= 11 is 6.00. The van der Waals surface area contributed by atoms with Gasteiger partial charge in [0.05, 0.1) is 4.90 Å². The van der Waals surface area contributed by atoms with E-state index >= 15 is 0 Å². The number of aryl methyl sites for hydroxylation is 1. The highest BCUT2D eigenvalue weighted by Crippen LogP contribution is 2.28. The summed E-state index contributed by atoms with van der Waals surface area (Å²) in [6.45, 7) is 1.67. The zero-order chi connectivity index (χ0) is 16.6. The standard InChI is InChI=1S/C16H15ClN2O3S/c1-10-13(17)3-2-4-15(10)23(21,22)19-12-6-7-14-11(9-12)5-8-16(20)18-14/h2-4,6-7,9,19H,5,8H2,1H3,(H,18,20). The van der Waals surface area contributed by atoms with Gasteiger partial charge in [-0.15, -0.1) is 0 Å². The van der Waals surface area contributed by atoms with E-state index in [-0.39, 0.29) is 10.8 Å². The van der Waals surface area contributed by atoms with Gasteiger partial charge in [0.2, 0.25) is 5.91 Å². The molecule has 5 nitrogen and oxygen atoms in total. The summed E-state index contributed by atoms with van der Waals surface area (Å²) in [6, 6.07) is 9.84. The molecule has 1 heterocycles. The van der Waals surface area contributed by atoms with Crippen LogP contribution in [0.4, 0.5) is 11.4 Å². The van der Waals surface area contributed by atoms with E-state index in [1.807, 2.05) is 0 Å². The molecule has 0 aromatic heterocycles. The third-order valence-corrected chi connectivity index (χ3v) is 5.70. The van der Waals surface area contributed by atoms with Crippen molar-refractivity contribution in [3.8, 4) is 0 Å². The van der Waals surface area contributed by atoms with Crippen LogP contribution < -0.4 is 10.0 Å². The van der Waals surface area contributed by atoms with E-state index in [2.05, 4.69) is 10.0 Å². The second kappa shape index (κ2) is 5.86. The summed E-state index contributed by atoms with van der Waals surface area (Å²) in [4.78, 5) is 11.5. The van der Waals surface area contributed by atoms with Crippen LogP contribution >= 0.6 is 11.6 Å². The van der Waals surface area contributed by atoms with Gasteiger partial charge in [-0.2, -0.15) is 0 Å². The Bertz CT molecular complexity index is 894. The van der Waals surface area contributed by atoms with Gasteiger partial charge in [-0.1, -0.05) is 17.7 Å². The van der Waals surface area contributed by atoms with Crippen LogP contribution in [0.1, 0.15) is 17.5 Å². The van der Waals surface area contributed by atoms with E-state index in [1.165, 1.54) is 6.07 Å². The maximum atomic E-state index is 12.6. The number of rotatable bonds is 3. The first-order valence-electron chi connectivity index (χ1n) is 7.07. The number of fused-ring (bicyclic) bond motifs is 1. The maximum absolute atomic E-state index is 12.6. The summed E-state index contributed by atoms with van der Waals surface area (Å²) in [5, 5.41) is 3.17. The van der Waals surface area contributed by atoms with Crippen molar-refractivity contribution in [2.45, 2.75) is 24.7 Å². The van der Waals surface area contributed by atoms with Crippen LogP contribution in [0, 0.1) is 6.92 Å². The Morgan fingerprint density at radius 1 is 1.17 bits per heavy atom. The molecule has 2 aromatic carbocycles. The molecule has 2 N–H and O–H groups in total. The highest BCUT2D eigenvalue weighted by atomic mass is 35.5. The molecular weight excluding hydrogens is 336 g/mol. The average molecular weight is 351 g/mol. The molecular formula is C16H15ClN2O3S. The zero-order valence-corrected chi connectivity index (χ0v) is 14.0. The van der Waals surface area contributed by atoms with Crippen molar-refractivity contribution in [3.05, 3.63) is 52.5 Å². The lowest BCUT2D eigenvalue weighted by Crippen LogP contribution is -2.19. The van der Waals surface area contributed by atoms with Crippen LogP contribution in [-0.2, 0) is 21.2 Å². The van der Waals surface area contributed by atoms with Crippen molar-refractivity contribution < 1.29 is 13.2 Å². The van der Waals surface area contributed by atoms with Crippen molar-refractivity contribution in [1.82, 2.24) is 0 Å². The molecule has 0 bridgehead atoms. The number of amides is 1. The van der Waals surface area contributed by atoms with Crippen molar-refractivity contribution in [3.63, 3.8) is 0 Å². The number of carbonyl (C=O) groups excluding carboxylic acids is 1. The molecule has 2 aromatic rings. The third-order valence-electron chi connectivity index (χ3n) is 3.76. The topological polar surface area (TPSA) is 75.3 Å². The SMILES string of the molecule is Cc1c(Cl)cccc1S(=O)(=O)Nc1ccc2c(c1)CCC(=O)N2. The minimum absolute atomic E-state index is 0.0274. The maximum Gasteiger partial charge on any atom is 0.262 e. The van der Waals surface area contributed by atoms with Crippen LogP contribution in [-0.4, -0.2) is 14.3 Å². The van der Waals surface area contributed by atoms with Crippen molar-refractivity contribution in [2.24, 2.45) is 0 Å². The minimum Gasteiger partial charge on any atom is -0.326 e. The lowest BCUT2D eigenvalue weighted by Gasteiger charge is -2.18. The van der Waals surface area contributed by atoms with E-state index in [9.17, 15) is 13.2 Å². The molecule has 120 valence electrons. The smallest absolute Gasteiger partial charge is 0.262 e. The lowest BCUT2D eigenvalue weighted by molar-refractivity contribution is -0.116. The fraction of sp³-hybridized carbons (Fsp3) is 0.188. The molecule has 0 fully saturated rings. The normalized spacial score (nSPS) is 14.1. The Labute approximate surface area is 139 Å². The van der Waals surface area contributed by atoms with Crippen molar-refractivity contribution >= 4 is 38.9 Å². The summed E-state index contributed by atoms with van der Waals surface area (Å²) in [7, 11) is -3.73. The lowest BCUT2D eigenvalue weighted by atomic mass is 10.0. The van der Waals surface area contributed by atoms with Gasteiger partial charge in [0, 0.05) is 22.8 Å². The number of benzene rings is 2. The second-order valence-corrected chi connectivity index (χ2v) is 7.45. The zero-order valence-electron chi connectivity index (χ0n) is 12.4. The summed E-state index contributed by atoms with van der Waals surface area (Å²) in [6.07, 6.45) is 0.990.